The first-order valence-corrected chi connectivity index (χ1v) is 7.11. The van der Waals surface area contributed by atoms with Crippen LogP contribution in [0.3, 0.4) is 0 Å². The maximum atomic E-state index is 5.44. The van der Waals surface area contributed by atoms with Crippen molar-refractivity contribution in [2.75, 3.05) is 19.8 Å². The Hall–Kier alpha value is -0.380. The molecule has 1 N–H and O–H groups in total. The highest BCUT2D eigenvalue weighted by atomic mass is 32.1. The zero-order valence-corrected chi connectivity index (χ0v) is 10.8. The van der Waals surface area contributed by atoms with E-state index < -0.39 is 0 Å². The van der Waals surface area contributed by atoms with Crippen LogP contribution in [0.25, 0.3) is 0 Å². The van der Waals surface area contributed by atoms with Gasteiger partial charge < -0.3 is 10.1 Å². The second-order valence-electron chi connectivity index (χ2n) is 4.40. The molecule has 0 saturated carbocycles. The number of rotatable bonds is 5. The van der Waals surface area contributed by atoms with Crippen molar-refractivity contribution in [3.05, 3.63) is 22.4 Å². The van der Waals surface area contributed by atoms with Gasteiger partial charge in [-0.25, -0.2) is 0 Å². The van der Waals surface area contributed by atoms with Gasteiger partial charge in [-0.05, 0) is 43.2 Å². The van der Waals surface area contributed by atoms with Gasteiger partial charge in [0.05, 0.1) is 0 Å². The number of hydrogen-bond acceptors (Lipinski definition) is 3. The molecule has 0 aromatic carbocycles. The summed E-state index contributed by atoms with van der Waals surface area (Å²) in [6, 6.07) is 5.02. The summed E-state index contributed by atoms with van der Waals surface area (Å²) in [5.41, 5.74) is 0. The van der Waals surface area contributed by atoms with Crippen LogP contribution in [-0.4, -0.2) is 25.8 Å². The van der Waals surface area contributed by atoms with Crippen molar-refractivity contribution in [2.45, 2.75) is 32.2 Å². The molecule has 0 amide bonds. The lowest BCUT2D eigenvalue weighted by molar-refractivity contribution is 0.0541. The molecular formula is C13H21NOS. The molecule has 1 fully saturated rings. The summed E-state index contributed by atoms with van der Waals surface area (Å²) in [4.78, 5) is 1.50. The van der Waals surface area contributed by atoms with Gasteiger partial charge in [0.15, 0.2) is 0 Å². The van der Waals surface area contributed by atoms with Crippen LogP contribution < -0.4 is 5.32 Å². The molecule has 1 unspecified atom stereocenters. The summed E-state index contributed by atoms with van der Waals surface area (Å²) in [6.45, 7) is 5.14. The Kier molecular flexibility index (Phi) is 4.82. The number of hydrogen-bond donors (Lipinski definition) is 1. The van der Waals surface area contributed by atoms with Crippen molar-refractivity contribution in [3.8, 4) is 0 Å². The lowest BCUT2D eigenvalue weighted by Crippen LogP contribution is -2.40. The van der Waals surface area contributed by atoms with Crippen molar-refractivity contribution in [2.24, 2.45) is 5.92 Å². The van der Waals surface area contributed by atoms with E-state index in [2.05, 4.69) is 29.8 Å². The van der Waals surface area contributed by atoms with Crippen LogP contribution in [-0.2, 0) is 11.2 Å². The summed E-state index contributed by atoms with van der Waals surface area (Å²) in [5, 5.41) is 5.81. The van der Waals surface area contributed by atoms with Gasteiger partial charge in [0.25, 0.3) is 0 Å². The first-order chi connectivity index (χ1) is 7.90. The molecule has 0 spiro atoms. The maximum Gasteiger partial charge on any atom is 0.0469 e. The van der Waals surface area contributed by atoms with Crippen LogP contribution in [0.1, 0.15) is 24.6 Å². The van der Waals surface area contributed by atoms with E-state index in [9.17, 15) is 0 Å². The summed E-state index contributed by atoms with van der Waals surface area (Å²) >= 11 is 1.87. The summed E-state index contributed by atoms with van der Waals surface area (Å²) in [5.74, 6) is 0.788. The SMILES string of the molecule is CCNC(Cc1cccs1)C1CCOCC1. The van der Waals surface area contributed by atoms with Gasteiger partial charge in [0, 0.05) is 24.1 Å². The molecule has 2 nitrogen and oxygen atoms in total. The molecule has 1 aromatic heterocycles. The minimum Gasteiger partial charge on any atom is -0.381 e. The minimum atomic E-state index is 0.632. The molecule has 3 heteroatoms. The van der Waals surface area contributed by atoms with Gasteiger partial charge in [-0.3, -0.25) is 0 Å². The summed E-state index contributed by atoms with van der Waals surface area (Å²) in [6.07, 6.45) is 3.60. The van der Waals surface area contributed by atoms with E-state index in [1.165, 1.54) is 24.1 Å². The van der Waals surface area contributed by atoms with Gasteiger partial charge >= 0.3 is 0 Å². The third-order valence-corrected chi connectivity index (χ3v) is 4.20. The Morgan fingerprint density at radius 3 is 2.94 bits per heavy atom. The van der Waals surface area contributed by atoms with Crippen LogP contribution >= 0.6 is 11.3 Å². The first kappa shape index (κ1) is 12.1. The van der Waals surface area contributed by atoms with Crippen LogP contribution in [0.2, 0.25) is 0 Å². The van der Waals surface area contributed by atoms with Gasteiger partial charge in [0.1, 0.15) is 0 Å². The third-order valence-electron chi connectivity index (χ3n) is 3.30. The standard InChI is InChI=1S/C13H21NOS/c1-2-14-13(10-12-4-3-9-16-12)11-5-7-15-8-6-11/h3-4,9,11,13-14H,2,5-8,10H2,1H3. The maximum absolute atomic E-state index is 5.44. The number of nitrogens with one attached hydrogen (secondary N) is 1. The van der Waals surface area contributed by atoms with E-state index in [4.69, 9.17) is 4.74 Å². The molecule has 1 aliphatic rings. The molecular weight excluding hydrogens is 218 g/mol. The zero-order valence-electron chi connectivity index (χ0n) is 9.95. The normalized spacial score (nSPS) is 19.8. The lowest BCUT2D eigenvalue weighted by Gasteiger charge is -2.30. The predicted octanol–water partition coefficient (Wildman–Crippen LogP) is 2.70. The largest absolute Gasteiger partial charge is 0.381 e. The van der Waals surface area contributed by atoms with E-state index in [1.54, 1.807) is 0 Å². The van der Waals surface area contributed by atoms with Gasteiger partial charge in [-0.2, -0.15) is 0 Å². The van der Waals surface area contributed by atoms with Gasteiger partial charge in [0.2, 0.25) is 0 Å². The molecule has 16 heavy (non-hydrogen) atoms. The monoisotopic (exact) mass is 239 g/mol. The molecule has 0 bridgehead atoms. The van der Waals surface area contributed by atoms with Gasteiger partial charge in [-0.15, -0.1) is 11.3 Å². The molecule has 1 saturated heterocycles. The van der Waals surface area contributed by atoms with Crippen molar-refractivity contribution < 1.29 is 4.74 Å². The third kappa shape index (κ3) is 3.30. The van der Waals surface area contributed by atoms with Crippen molar-refractivity contribution in [3.63, 3.8) is 0 Å². The Bertz CT molecular complexity index is 280. The second kappa shape index (κ2) is 6.38. The number of likely N-dealkylation sites (N-methyl/N-ethyl adjacent to an activating group) is 1. The van der Waals surface area contributed by atoms with Crippen LogP contribution in [0, 0.1) is 5.92 Å². The Morgan fingerprint density at radius 1 is 1.50 bits per heavy atom. The van der Waals surface area contributed by atoms with Gasteiger partial charge in [-0.1, -0.05) is 13.0 Å². The molecule has 1 aliphatic heterocycles. The smallest absolute Gasteiger partial charge is 0.0469 e. The van der Waals surface area contributed by atoms with E-state index in [-0.39, 0.29) is 0 Å². The average Bonchev–Trinajstić information content (AvgIpc) is 2.83. The quantitative estimate of drug-likeness (QED) is 0.853. The molecule has 0 radical (unpaired) electrons. The average molecular weight is 239 g/mol. The summed E-state index contributed by atoms with van der Waals surface area (Å²) < 4.78 is 5.44. The highest BCUT2D eigenvalue weighted by Gasteiger charge is 2.23. The Morgan fingerprint density at radius 2 is 2.31 bits per heavy atom. The molecule has 0 aliphatic carbocycles. The van der Waals surface area contributed by atoms with Crippen LogP contribution in [0.15, 0.2) is 17.5 Å². The highest BCUT2D eigenvalue weighted by Crippen LogP contribution is 2.23. The molecule has 2 rings (SSSR count). The zero-order chi connectivity index (χ0) is 11.2. The highest BCUT2D eigenvalue weighted by molar-refractivity contribution is 7.09. The Labute approximate surface area is 102 Å². The molecule has 90 valence electrons. The van der Waals surface area contributed by atoms with E-state index >= 15 is 0 Å². The first-order valence-electron chi connectivity index (χ1n) is 6.23. The molecule has 1 aromatic rings. The van der Waals surface area contributed by atoms with Crippen molar-refractivity contribution >= 4 is 11.3 Å². The number of thiophene rings is 1. The summed E-state index contributed by atoms with van der Waals surface area (Å²) in [7, 11) is 0. The fourth-order valence-electron chi connectivity index (χ4n) is 2.43. The van der Waals surface area contributed by atoms with E-state index in [1.807, 2.05) is 11.3 Å². The van der Waals surface area contributed by atoms with Crippen molar-refractivity contribution in [1.29, 1.82) is 0 Å². The Balaban J connectivity index is 1.92. The fraction of sp³-hybridized carbons (Fsp3) is 0.692. The lowest BCUT2D eigenvalue weighted by atomic mass is 9.89. The molecule has 1 atom stereocenters. The minimum absolute atomic E-state index is 0.632. The topological polar surface area (TPSA) is 21.3 Å². The van der Waals surface area contributed by atoms with E-state index in [0.29, 0.717) is 6.04 Å². The van der Waals surface area contributed by atoms with Crippen molar-refractivity contribution in [1.82, 2.24) is 5.32 Å². The van der Waals surface area contributed by atoms with E-state index in [0.717, 1.165) is 25.7 Å². The van der Waals surface area contributed by atoms with Crippen LogP contribution in [0.4, 0.5) is 0 Å². The second-order valence-corrected chi connectivity index (χ2v) is 5.43. The van der Waals surface area contributed by atoms with Crippen LogP contribution in [0.5, 0.6) is 0 Å². The fourth-order valence-corrected chi connectivity index (χ4v) is 3.20. The number of ether oxygens (including phenoxy) is 1. The predicted molar refractivity (Wildman–Crippen MR) is 69.0 cm³/mol. The molecule has 2 heterocycles.